The summed E-state index contributed by atoms with van der Waals surface area (Å²) in [5, 5.41) is 10.1. The van der Waals surface area contributed by atoms with Gasteiger partial charge in [0.15, 0.2) is 0 Å². The molecule has 1 heterocycles. The molecule has 1 atom stereocenters. The summed E-state index contributed by atoms with van der Waals surface area (Å²) >= 11 is 0. The lowest BCUT2D eigenvalue weighted by Gasteiger charge is -2.14. The fourth-order valence-corrected chi connectivity index (χ4v) is 1.99. The highest BCUT2D eigenvalue weighted by molar-refractivity contribution is 5.35. The Morgan fingerprint density at radius 3 is 2.55 bits per heavy atom. The minimum atomic E-state index is -4.80. The molecule has 1 aromatic carbocycles. The third-order valence-corrected chi connectivity index (χ3v) is 3.01. The van der Waals surface area contributed by atoms with Crippen LogP contribution in [0.1, 0.15) is 35.5 Å². The number of furan rings is 1. The lowest BCUT2D eigenvalue weighted by Crippen LogP contribution is -2.10. The van der Waals surface area contributed by atoms with E-state index in [1.807, 2.05) is 0 Å². The number of hydrogen-bond acceptors (Lipinski definition) is 2. The molecular weight excluding hydrogens is 276 g/mol. The van der Waals surface area contributed by atoms with E-state index in [-0.39, 0.29) is 5.56 Å². The van der Waals surface area contributed by atoms with Gasteiger partial charge in [0.25, 0.3) is 0 Å². The molecule has 0 saturated carbocycles. The van der Waals surface area contributed by atoms with Crippen molar-refractivity contribution < 1.29 is 27.1 Å². The van der Waals surface area contributed by atoms with Crippen LogP contribution in [0.25, 0.3) is 0 Å². The molecule has 0 radical (unpaired) electrons. The highest BCUT2D eigenvalue weighted by Crippen LogP contribution is 2.34. The number of aryl methyl sites for hydroxylation is 1. The molecule has 0 bridgehead atoms. The zero-order chi connectivity index (χ0) is 14.9. The number of alkyl halides is 3. The number of rotatable bonds is 3. The molecule has 20 heavy (non-hydrogen) atoms. The first-order chi connectivity index (χ1) is 9.34. The predicted molar refractivity (Wildman–Crippen MR) is 63.5 cm³/mol. The minimum Gasteiger partial charge on any atom is -0.469 e. The Hall–Kier alpha value is -1.82. The van der Waals surface area contributed by atoms with Crippen LogP contribution in [0.5, 0.6) is 0 Å². The Morgan fingerprint density at radius 2 is 1.95 bits per heavy atom. The first-order valence-corrected chi connectivity index (χ1v) is 5.95. The summed E-state index contributed by atoms with van der Waals surface area (Å²) in [5.74, 6) is -0.883. The molecule has 2 rings (SSSR count). The van der Waals surface area contributed by atoms with Gasteiger partial charge in [0.2, 0.25) is 0 Å². The van der Waals surface area contributed by atoms with Gasteiger partial charge in [0, 0.05) is 12.0 Å². The normalized spacial score (nSPS) is 13.5. The summed E-state index contributed by atoms with van der Waals surface area (Å²) in [6.45, 7) is 1.79. The van der Waals surface area contributed by atoms with Gasteiger partial charge in [0.05, 0.1) is 11.8 Å². The van der Waals surface area contributed by atoms with E-state index < -0.39 is 23.7 Å². The van der Waals surface area contributed by atoms with Crippen molar-refractivity contribution in [2.75, 3.05) is 0 Å². The van der Waals surface area contributed by atoms with Crippen LogP contribution in [-0.4, -0.2) is 5.11 Å². The maximum Gasteiger partial charge on any atom is 0.419 e. The first-order valence-electron chi connectivity index (χ1n) is 5.95. The molecule has 108 valence electrons. The van der Waals surface area contributed by atoms with Gasteiger partial charge in [0.1, 0.15) is 17.7 Å². The summed E-state index contributed by atoms with van der Waals surface area (Å²) < 4.78 is 56.2. The zero-order valence-corrected chi connectivity index (χ0v) is 10.5. The number of benzene rings is 1. The summed E-state index contributed by atoms with van der Waals surface area (Å²) in [6, 6.07) is 3.93. The minimum absolute atomic E-state index is 0.0326. The van der Waals surface area contributed by atoms with Crippen LogP contribution < -0.4 is 0 Å². The third-order valence-electron chi connectivity index (χ3n) is 3.01. The molecule has 1 aromatic heterocycles. The van der Waals surface area contributed by atoms with Crippen LogP contribution in [0, 0.1) is 5.82 Å². The van der Waals surface area contributed by atoms with E-state index in [0.29, 0.717) is 29.9 Å². The van der Waals surface area contributed by atoms with E-state index in [1.165, 1.54) is 12.3 Å². The quantitative estimate of drug-likeness (QED) is 0.863. The van der Waals surface area contributed by atoms with E-state index in [4.69, 9.17) is 4.42 Å². The van der Waals surface area contributed by atoms with Crippen molar-refractivity contribution in [1.82, 2.24) is 0 Å². The highest BCUT2D eigenvalue weighted by Gasteiger charge is 2.34. The average molecular weight is 288 g/mol. The van der Waals surface area contributed by atoms with Gasteiger partial charge in [-0.25, -0.2) is 4.39 Å². The van der Waals surface area contributed by atoms with Crippen molar-refractivity contribution in [1.29, 1.82) is 0 Å². The molecule has 0 saturated heterocycles. The fourth-order valence-electron chi connectivity index (χ4n) is 1.99. The van der Waals surface area contributed by atoms with Crippen LogP contribution in [-0.2, 0) is 12.6 Å². The SMILES string of the molecule is CCc1occc1C(O)c1ccc(F)c(C(F)(F)F)c1. The molecule has 0 fully saturated rings. The number of halogens is 4. The fraction of sp³-hybridized carbons (Fsp3) is 0.286. The Bertz CT molecular complexity index is 601. The monoisotopic (exact) mass is 288 g/mol. The zero-order valence-electron chi connectivity index (χ0n) is 10.5. The van der Waals surface area contributed by atoms with Gasteiger partial charge < -0.3 is 9.52 Å². The van der Waals surface area contributed by atoms with Crippen molar-refractivity contribution in [3.05, 3.63) is 58.8 Å². The Balaban J connectivity index is 2.43. The largest absolute Gasteiger partial charge is 0.469 e. The van der Waals surface area contributed by atoms with Crippen molar-refractivity contribution in [2.45, 2.75) is 25.6 Å². The van der Waals surface area contributed by atoms with Gasteiger partial charge in [-0.1, -0.05) is 13.0 Å². The maximum atomic E-state index is 13.2. The predicted octanol–water partition coefficient (Wildman–Crippen LogP) is 4.08. The van der Waals surface area contributed by atoms with E-state index in [9.17, 15) is 22.7 Å². The Labute approximate surface area is 112 Å². The summed E-state index contributed by atoms with van der Waals surface area (Å²) in [5.41, 5.74) is -1.04. The maximum absolute atomic E-state index is 13.2. The van der Waals surface area contributed by atoms with Crippen molar-refractivity contribution >= 4 is 0 Å². The standard InChI is InChI=1S/C14H12F4O2/c1-2-12-9(5-6-20-12)13(19)8-3-4-11(15)10(7-8)14(16,17)18/h3-7,13,19H,2H2,1H3. The summed E-state index contributed by atoms with van der Waals surface area (Å²) in [6.07, 6.45) is -4.24. The van der Waals surface area contributed by atoms with Gasteiger partial charge in [-0.3, -0.25) is 0 Å². The van der Waals surface area contributed by atoms with E-state index in [0.717, 1.165) is 6.07 Å². The molecule has 2 aromatic rings. The van der Waals surface area contributed by atoms with E-state index >= 15 is 0 Å². The lowest BCUT2D eigenvalue weighted by molar-refractivity contribution is -0.140. The van der Waals surface area contributed by atoms with Crippen molar-refractivity contribution in [2.24, 2.45) is 0 Å². The van der Waals surface area contributed by atoms with Gasteiger partial charge in [-0.05, 0) is 23.8 Å². The molecule has 1 unspecified atom stereocenters. The Morgan fingerprint density at radius 1 is 1.25 bits per heavy atom. The second-order valence-corrected chi connectivity index (χ2v) is 4.29. The van der Waals surface area contributed by atoms with Crippen LogP contribution in [0.15, 0.2) is 34.9 Å². The lowest BCUT2D eigenvalue weighted by atomic mass is 9.99. The summed E-state index contributed by atoms with van der Waals surface area (Å²) in [7, 11) is 0. The van der Waals surface area contributed by atoms with Gasteiger partial charge in [-0.15, -0.1) is 0 Å². The molecule has 0 aliphatic heterocycles. The van der Waals surface area contributed by atoms with Crippen LogP contribution in [0.4, 0.5) is 17.6 Å². The van der Waals surface area contributed by atoms with Gasteiger partial charge in [-0.2, -0.15) is 13.2 Å². The molecule has 1 N–H and O–H groups in total. The van der Waals surface area contributed by atoms with Crippen molar-refractivity contribution in [3.8, 4) is 0 Å². The molecule has 0 amide bonds. The number of hydrogen-bond donors (Lipinski definition) is 1. The summed E-state index contributed by atoms with van der Waals surface area (Å²) in [4.78, 5) is 0. The molecular formula is C14H12F4O2. The molecule has 0 aliphatic carbocycles. The highest BCUT2D eigenvalue weighted by atomic mass is 19.4. The molecule has 2 nitrogen and oxygen atoms in total. The third kappa shape index (κ3) is 2.70. The average Bonchev–Trinajstić information content (AvgIpc) is 2.85. The van der Waals surface area contributed by atoms with E-state index in [1.54, 1.807) is 6.92 Å². The van der Waals surface area contributed by atoms with Crippen LogP contribution in [0.3, 0.4) is 0 Å². The second-order valence-electron chi connectivity index (χ2n) is 4.29. The topological polar surface area (TPSA) is 33.4 Å². The molecule has 6 heteroatoms. The van der Waals surface area contributed by atoms with Crippen LogP contribution in [0.2, 0.25) is 0 Å². The van der Waals surface area contributed by atoms with Crippen LogP contribution >= 0.6 is 0 Å². The molecule has 0 aliphatic rings. The van der Waals surface area contributed by atoms with E-state index in [2.05, 4.69) is 0 Å². The molecule has 0 spiro atoms. The number of aliphatic hydroxyl groups excluding tert-OH is 1. The van der Waals surface area contributed by atoms with Gasteiger partial charge >= 0.3 is 6.18 Å². The Kier molecular flexibility index (Phi) is 3.85. The second kappa shape index (κ2) is 5.28. The smallest absolute Gasteiger partial charge is 0.419 e. The van der Waals surface area contributed by atoms with Crippen molar-refractivity contribution in [3.63, 3.8) is 0 Å². The number of aliphatic hydroxyl groups is 1. The first kappa shape index (κ1) is 14.6.